The highest BCUT2D eigenvalue weighted by Gasteiger charge is 2.13. The molecule has 0 spiro atoms. The van der Waals surface area contributed by atoms with Gasteiger partial charge in [0.25, 0.3) is 0 Å². The lowest BCUT2D eigenvalue weighted by molar-refractivity contribution is 0.353. The molecule has 19 heavy (non-hydrogen) atoms. The minimum atomic E-state index is 0.0498. The number of hydrogen-bond acceptors (Lipinski definition) is 2. The summed E-state index contributed by atoms with van der Waals surface area (Å²) in [5.74, 6) is 0.915. The second-order valence-corrected chi connectivity index (χ2v) is 5.77. The maximum atomic E-state index is 5.24. The van der Waals surface area contributed by atoms with Gasteiger partial charge < -0.3 is 4.74 Å². The largest absolute Gasteiger partial charge is 0.497 e. The van der Waals surface area contributed by atoms with E-state index in [4.69, 9.17) is 4.74 Å². The lowest BCUT2D eigenvalue weighted by atomic mass is 10.1. The van der Waals surface area contributed by atoms with Crippen molar-refractivity contribution < 1.29 is 4.74 Å². The third-order valence-corrected chi connectivity index (χ3v) is 3.14. The van der Waals surface area contributed by atoms with Crippen LogP contribution >= 0.6 is 0 Å². The first-order valence-corrected chi connectivity index (χ1v) is 6.67. The zero-order valence-corrected chi connectivity index (χ0v) is 12.2. The minimum Gasteiger partial charge on any atom is -0.497 e. The number of benzene rings is 1. The molecule has 0 bridgehead atoms. The van der Waals surface area contributed by atoms with Crippen molar-refractivity contribution in [3.63, 3.8) is 0 Å². The molecule has 0 aliphatic heterocycles. The van der Waals surface area contributed by atoms with Gasteiger partial charge in [0.2, 0.25) is 0 Å². The Labute approximate surface area is 115 Å². The first-order valence-electron chi connectivity index (χ1n) is 6.67. The molecule has 0 saturated carbocycles. The van der Waals surface area contributed by atoms with Crippen molar-refractivity contribution in [1.29, 1.82) is 0 Å². The molecule has 0 saturated heterocycles. The number of nitrogens with zero attached hydrogens (tertiary/aromatic N) is 2. The quantitative estimate of drug-likeness (QED) is 0.840. The lowest BCUT2D eigenvalue weighted by Crippen LogP contribution is -2.22. The summed E-state index contributed by atoms with van der Waals surface area (Å²) >= 11 is 0. The number of hydrogen-bond donors (Lipinski definition) is 0. The maximum absolute atomic E-state index is 5.24. The Morgan fingerprint density at radius 2 is 1.95 bits per heavy atom. The van der Waals surface area contributed by atoms with E-state index in [1.54, 1.807) is 7.11 Å². The van der Waals surface area contributed by atoms with E-state index in [0.717, 1.165) is 24.3 Å². The van der Waals surface area contributed by atoms with Gasteiger partial charge in [-0.15, -0.1) is 0 Å². The molecule has 0 atom stereocenters. The monoisotopic (exact) mass is 258 g/mol. The molecule has 0 fully saturated rings. The Kier molecular flexibility index (Phi) is 3.93. The molecule has 1 heterocycles. The fourth-order valence-electron chi connectivity index (χ4n) is 1.97. The van der Waals surface area contributed by atoms with E-state index in [2.05, 4.69) is 50.3 Å². The molecular formula is C16H22N2O. The van der Waals surface area contributed by atoms with Gasteiger partial charge in [0, 0.05) is 6.20 Å². The van der Waals surface area contributed by atoms with Crippen molar-refractivity contribution in [3.05, 3.63) is 47.8 Å². The van der Waals surface area contributed by atoms with Crippen LogP contribution in [0.15, 0.2) is 36.5 Å². The highest BCUT2D eigenvalue weighted by Crippen LogP contribution is 2.16. The van der Waals surface area contributed by atoms with Gasteiger partial charge in [0.1, 0.15) is 5.75 Å². The summed E-state index contributed by atoms with van der Waals surface area (Å²) in [6.45, 7) is 6.48. The predicted octanol–water partition coefficient (Wildman–Crippen LogP) is 3.43. The summed E-state index contributed by atoms with van der Waals surface area (Å²) in [4.78, 5) is 0. The van der Waals surface area contributed by atoms with Gasteiger partial charge in [-0.25, -0.2) is 0 Å². The number of aryl methyl sites for hydroxylation is 2. The van der Waals surface area contributed by atoms with Crippen LogP contribution in [0.25, 0.3) is 0 Å². The van der Waals surface area contributed by atoms with Gasteiger partial charge in [-0.3, -0.25) is 4.68 Å². The maximum Gasteiger partial charge on any atom is 0.119 e. The Morgan fingerprint density at radius 3 is 2.58 bits per heavy atom. The van der Waals surface area contributed by atoms with Gasteiger partial charge >= 0.3 is 0 Å². The van der Waals surface area contributed by atoms with Gasteiger partial charge in [-0.1, -0.05) is 12.1 Å². The molecule has 0 aliphatic rings. The first kappa shape index (κ1) is 13.7. The van der Waals surface area contributed by atoms with Crippen molar-refractivity contribution in [3.8, 4) is 5.75 Å². The fraction of sp³-hybridized carbons (Fsp3) is 0.438. The molecule has 2 aromatic rings. The summed E-state index contributed by atoms with van der Waals surface area (Å²) in [7, 11) is 1.70. The fourth-order valence-corrected chi connectivity index (χ4v) is 1.97. The molecule has 0 amide bonds. The second kappa shape index (κ2) is 5.47. The third kappa shape index (κ3) is 3.60. The van der Waals surface area contributed by atoms with Gasteiger partial charge in [0.05, 0.1) is 18.3 Å². The molecule has 1 aromatic carbocycles. The first-order chi connectivity index (χ1) is 8.99. The molecule has 1 aromatic heterocycles. The van der Waals surface area contributed by atoms with Crippen molar-refractivity contribution in [2.75, 3.05) is 7.11 Å². The Balaban J connectivity index is 2.00. The number of methoxy groups -OCH3 is 1. The minimum absolute atomic E-state index is 0.0498. The highest BCUT2D eigenvalue weighted by molar-refractivity contribution is 5.28. The summed E-state index contributed by atoms with van der Waals surface area (Å²) in [6.07, 6.45) is 4.00. The van der Waals surface area contributed by atoms with E-state index in [0.29, 0.717) is 0 Å². The Hall–Kier alpha value is -1.77. The van der Waals surface area contributed by atoms with Gasteiger partial charge in [-0.2, -0.15) is 5.10 Å². The zero-order chi connectivity index (χ0) is 13.9. The molecule has 3 nitrogen and oxygen atoms in total. The normalized spacial score (nSPS) is 11.6. The number of aromatic nitrogens is 2. The molecule has 0 unspecified atom stereocenters. The summed E-state index contributed by atoms with van der Waals surface area (Å²) in [6, 6.07) is 10.3. The molecule has 0 radical (unpaired) electrons. The standard InChI is InChI=1S/C16H22N2O/c1-16(2,3)18-11-10-14(17-18)9-8-13-6-5-7-15(12-13)19-4/h5-7,10-12H,8-9H2,1-4H3. The van der Waals surface area contributed by atoms with E-state index < -0.39 is 0 Å². The topological polar surface area (TPSA) is 27.1 Å². The highest BCUT2D eigenvalue weighted by atomic mass is 16.5. The SMILES string of the molecule is COc1cccc(CCc2ccn(C(C)(C)C)n2)c1. The van der Waals surface area contributed by atoms with E-state index in [1.165, 1.54) is 5.56 Å². The molecule has 2 rings (SSSR count). The summed E-state index contributed by atoms with van der Waals surface area (Å²) in [5.41, 5.74) is 2.47. The van der Waals surface area contributed by atoms with E-state index in [9.17, 15) is 0 Å². The number of rotatable bonds is 4. The Bertz CT molecular complexity index is 538. The number of ether oxygens (including phenoxy) is 1. The second-order valence-electron chi connectivity index (χ2n) is 5.77. The van der Waals surface area contributed by atoms with Crippen LogP contribution in [0.5, 0.6) is 5.75 Å². The van der Waals surface area contributed by atoms with E-state index in [-0.39, 0.29) is 5.54 Å². The lowest BCUT2D eigenvalue weighted by Gasteiger charge is -2.18. The van der Waals surface area contributed by atoms with Gasteiger partial charge in [0.15, 0.2) is 0 Å². The molecule has 3 heteroatoms. The third-order valence-electron chi connectivity index (χ3n) is 3.14. The van der Waals surface area contributed by atoms with Crippen molar-refractivity contribution >= 4 is 0 Å². The van der Waals surface area contributed by atoms with Crippen molar-refractivity contribution in [2.45, 2.75) is 39.2 Å². The average molecular weight is 258 g/mol. The van der Waals surface area contributed by atoms with Crippen LogP contribution in [-0.4, -0.2) is 16.9 Å². The van der Waals surface area contributed by atoms with Gasteiger partial charge in [-0.05, 0) is 57.4 Å². The molecule has 0 aliphatic carbocycles. The van der Waals surface area contributed by atoms with E-state index >= 15 is 0 Å². The van der Waals surface area contributed by atoms with Crippen LogP contribution in [0.3, 0.4) is 0 Å². The van der Waals surface area contributed by atoms with Crippen LogP contribution in [0.2, 0.25) is 0 Å². The van der Waals surface area contributed by atoms with Crippen LogP contribution in [0.1, 0.15) is 32.0 Å². The van der Waals surface area contributed by atoms with Crippen LogP contribution in [0.4, 0.5) is 0 Å². The van der Waals surface area contributed by atoms with E-state index in [1.807, 2.05) is 16.8 Å². The summed E-state index contributed by atoms with van der Waals surface area (Å²) < 4.78 is 7.26. The molecule has 0 N–H and O–H groups in total. The Morgan fingerprint density at radius 1 is 1.16 bits per heavy atom. The molecular weight excluding hydrogens is 236 g/mol. The zero-order valence-electron chi connectivity index (χ0n) is 12.2. The smallest absolute Gasteiger partial charge is 0.119 e. The van der Waals surface area contributed by atoms with Crippen molar-refractivity contribution in [2.24, 2.45) is 0 Å². The van der Waals surface area contributed by atoms with Crippen molar-refractivity contribution in [1.82, 2.24) is 9.78 Å². The van der Waals surface area contributed by atoms with Crippen LogP contribution < -0.4 is 4.74 Å². The van der Waals surface area contributed by atoms with Crippen LogP contribution in [-0.2, 0) is 18.4 Å². The summed E-state index contributed by atoms with van der Waals surface area (Å²) in [5, 5.41) is 4.62. The average Bonchev–Trinajstić information content (AvgIpc) is 2.85. The molecule has 102 valence electrons. The predicted molar refractivity (Wildman–Crippen MR) is 77.6 cm³/mol. The van der Waals surface area contributed by atoms with Crippen LogP contribution in [0, 0.1) is 0 Å².